The van der Waals surface area contributed by atoms with Crippen LogP contribution in [0.15, 0.2) is 17.0 Å². The molecule has 2 aliphatic rings. The van der Waals surface area contributed by atoms with Crippen molar-refractivity contribution in [3.8, 4) is 0 Å². The molecule has 0 radical (unpaired) electrons. The van der Waals surface area contributed by atoms with E-state index in [4.69, 9.17) is 5.73 Å². The zero-order valence-corrected chi connectivity index (χ0v) is 13.0. The van der Waals surface area contributed by atoms with Crippen molar-refractivity contribution in [2.45, 2.75) is 42.5 Å². The molecule has 1 aromatic rings. The van der Waals surface area contributed by atoms with Gasteiger partial charge in [-0.25, -0.2) is 4.98 Å². The molecule has 0 aromatic carbocycles. The molecule has 3 rings (SSSR count). The van der Waals surface area contributed by atoms with Gasteiger partial charge in [0.1, 0.15) is 11.4 Å². The van der Waals surface area contributed by atoms with E-state index in [9.17, 15) is 14.7 Å². The molecule has 7 heteroatoms. The molecule has 0 saturated heterocycles. The molecule has 1 aliphatic heterocycles. The molecule has 1 aliphatic carbocycles. The predicted octanol–water partition coefficient (Wildman–Crippen LogP) is 1.64. The van der Waals surface area contributed by atoms with E-state index in [1.165, 1.54) is 11.8 Å². The Kier molecular flexibility index (Phi) is 4.10. The van der Waals surface area contributed by atoms with E-state index >= 15 is 0 Å². The van der Waals surface area contributed by atoms with E-state index in [2.05, 4.69) is 10.3 Å². The third kappa shape index (κ3) is 2.83. The first-order valence-corrected chi connectivity index (χ1v) is 8.42. The highest BCUT2D eigenvalue weighted by molar-refractivity contribution is 8.00. The Bertz CT molecular complexity index is 622. The molecule has 4 N–H and O–H groups in total. The number of pyridine rings is 1. The van der Waals surface area contributed by atoms with Crippen LogP contribution in [-0.2, 0) is 16.0 Å². The summed E-state index contributed by atoms with van der Waals surface area (Å²) in [6, 6.07) is 3.84. The summed E-state index contributed by atoms with van der Waals surface area (Å²) < 4.78 is 0. The molecule has 1 unspecified atom stereocenters. The van der Waals surface area contributed by atoms with E-state index < -0.39 is 11.5 Å². The Labute approximate surface area is 132 Å². The number of rotatable bonds is 3. The van der Waals surface area contributed by atoms with Gasteiger partial charge in [0.25, 0.3) is 0 Å². The van der Waals surface area contributed by atoms with Crippen molar-refractivity contribution in [2.24, 2.45) is 11.7 Å². The van der Waals surface area contributed by atoms with Crippen LogP contribution in [0.25, 0.3) is 0 Å². The van der Waals surface area contributed by atoms with E-state index in [0.717, 1.165) is 29.9 Å². The van der Waals surface area contributed by atoms with E-state index in [1.54, 1.807) is 0 Å². The minimum absolute atomic E-state index is 0.0569. The first-order valence-electron chi connectivity index (χ1n) is 7.44. The van der Waals surface area contributed by atoms with Gasteiger partial charge >= 0.3 is 5.97 Å². The third-order valence-corrected chi connectivity index (χ3v) is 5.55. The highest BCUT2D eigenvalue weighted by Gasteiger charge is 2.43. The molecule has 118 valence electrons. The van der Waals surface area contributed by atoms with Gasteiger partial charge in [-0.2, -0.15) is 0 Å². The molecule has 2 atom stereocenters. The van der Waals surface area contributed by atoms with Crippen molar-refractivity contribution in [3.05, 3.63) is 17.8 Å². The van der Waals surface area contributed by atoms with Gasteiger partial charge in [0.15, 0.2) is 0 Å². The number of thioether (sulfide) groups is 1. The number of anilines is 1. The lowest BCUT2D eigenvalue weighted by atomic mass is 9.71. The van der Waals surface area contributed by atoms with Crippen molar-refractivity contribution >= 4 is 29.5 Å². The number of carbonyl (C=O) groups excluding carboxylic acids is 1. The van der Waals surface area contributed by atoms with Crippen molar-refractivity contribution < 1.29 is 14.7 Å². The molecule has 0 bridgehead atoms. The largest absolute Gasteiger partial charge is 0.480 e. The van der Waals surface area contributed by atoms with Crippen LogP contribution in [0, 0.1) is 5.92 Å². The number of fused-ring (bicyclic) bond motifs is 1. The minimum atomic E-state index is -1.17. The topological polar surface area (TPSA) is 105 Å². The number of aliphatic carboxylic acids is 1. The lowest BCUT2D eigenvalue weighted by Crippen LogP contribution is -2.56. The number of carboxylic acids is 1. The summed E-state index contributed by atoms with van der Waals surface area (Å²) in [5.41, 5.74) is 5.76. The summed E-state index contributed by atoms with van der Waals surface area (Å²) in [7, 11) is 0. The van der Waals surface area contributed by atoms with E-state index in [0.29, 0.717) is 24.4 Å². The quantitative estimate of drug-likeness (QED) is 0.781. The van der Waals surface area contributed by atoms with Crippen LogP contribution in [0.1, 0.15) is 31.4 Å². The fraction of sp³-hybridized carbons (Fsp3) is 0.533. The maximum absolute atomic E-state index is 11.5. The van der Waals surface area contributed by atoms with Gasteiger partial charge in [-0.1, -0.05) is 12.8 Å². The number of nitrogens with zero attached hydrogens (tertiary/aromatic N) is 1. The fourth-order valence-electron chi connectivity index (χ4n) is 3.21. The normalized spacial score (nSPS) is 27.9. The van der Waals surface area contributed by atoms with Gasteiger partial charge in [-0.3, -0.25) is 9.59 Å². The van der Waals surface area contributed by atoms with Crippen molar-refractivity contribution in [1.82, 2.24) is 4.98 Å². The number of hydrogen-bond donors (Lipinski definition) is 3. The van der Waals surface area contributed by atoms with Crippen LogP contribution in [0.5, 0.6) is 0 Å². The minimum Gasteiger partial charge on any atom is -0.480 e. The van der Waals surface area contributed by atoms with E-state index in [1.807, 2.05) is 12.1 Å². The second-order valence-corrected chi connectivity index (χ2v) is 7.00. The lowest BCUT2D eigenvalue weighted by molar-refractivity contribution is -0.147. The molecule has 1 aromatic heterocycles. The van der Waals surface area contributed by atoms with Gasteiger partial charge in [0.2, 0.25) is 5.91 Å². The van der Waals surface area contributed by atoms with Crippen LogP contribution in [0.3, 0.4) is 0 Å². The molecular formula is C15H19N3O3S. The Morgan fingerprint density at radius 3 is 3.09 bits per heavy atom. The van der Waals surface area contributed by atoms with Crippen molar-refractivity contribution in [3.63, 3.8) is 0 Å². The SMILES string of the molecule is N[C@]1(C(=O)O)CCCCC1Cc1ccc2c(n1)NC(=O)CS2. The van der Waals surface area contributed by atoms with Crippen molar-refractivity contribution in [2.75, 3.05) is 11.1 Å². The summed E-state index contributed by atoms with van der Waals surface area (Å²) in [5.74, 6) is -0.136. The molecule has 1 fully saturated rings. The number of aromatic nitrogens is 1. The van der Waals surface area contributed by atoms with E-state index in [-0.39, 0.29) is 11.8 Å². The van der Waals surface area contributed by atoms with Crippen LogP contribution in [0.4, 0.5) is 5.82 Å². The first-order chi connectivity index (χ1) is 10.5. The zero-order valence-electron chi connectivity index (χ0n) is 12.2. The summed E-state index contributed by atoms with van der Waals surface area (Å²) >= 11 is 1.46. The number of nitrogens with one attached hydrogen (secondary N) is 1. The highest BCUT2D eigenvalue weighted by Crippen LogP contribution is 2.36. The van der Waals surface area contributed by atoms with Crippen LogP contribution >= 0.6 is 11.8 Å². The van der Waals surface area contributed by atoms with Gasteiger partial charge < -0.3 is 16.2 Å². The first kappa shape index (κ1) is 15.3. The predicted molar refractivity (Wildman–Crippen MR) is 83.8 cm³/mol. The Hall–Kier alpha value is -1.60. The maximum Gasteiger partial charge on any atom is 0.323 e. The summed E-state index contributed by atoms with van der Waals surface area (Å²) in [6.07, 6.45) is 3.67. The molecule has 1 saturated carbocycles. The second kappa shape index (κ2) is 5.89. The molecule has 1 amide bonds. The number of amides is 1. The van der Waals surface area contributed by atoms with Gasteiger partial charge in [-0.05, 0) is 37.3 Å². The monoisotopic (exact) mass is 321 g/mol. The average molecular weight is 321 g/mol. The van der Waals surface area contributed by atoms with Gasteiger partial charge in [0.05, 0.1) is 10.6 Å². The second-order valence-electron chi connectivity index (χ2n) is 5.98. The smallest absolute Gasteiger partial charge is 0.323 e. The Balaban J connectivity index is 1.81. The standard InChI is InChI=1S/C15H19N3O3S/c16-15(14(20)21)6-2-1-3-9(15)7-10-4-5-11-13(17-10)18-12(19)8-22-11/h4-5,9H,1-3,6-8,16H2,(H,20,21)(H,17,18,19)/t9?,15-/m1/s1. The zero-order chi connectivity index (χ0) is 15.7. The number of carboxylic acid groups (broad SMARTS) is 1. The molecule has 2 heterocycles. The molecular weight excluding hydrogens is 302 g/mol. The van der Waals surface area contributed by atoms with Crippen LogP contribution < -0.4 is 11.1 Å². The summed E-state index contributed by atoms with van der Waals surface area (Å²) in [5, 5.41) is 12.2. The van der Waals surface area contributed by atoms with Crippen LogP contribution in [-0.4, -0.2) is 33.3 Å². The van der Waals surface area contributed by atoms with Gasteiger partial charge in [-0.15, -0.1) is 11.8 Å². The number of nitrogens with two attached hydrogens (primary N) is 1. The summed E-state index contributed by atoms with van der Waals surface area (Å²) in [4.78, 5) is 28.4. The lowest BCUT2D eigenvalue weighted by Gasteiger charge is -2.37. The fourth-order valence-corrected chi connectivity index (χ4v) is 3.96. The number of carbonyl (C=O) groups is 2. The highest BCUT2D eigenvalue weighted by atomic mass is 32.2. The Morgan fingerprint density at radius 2 is 2.32 bits per heavy atom. The third-order valence-electron chi connectivity index (χ3n) is 4.51. The van der Waals surface area contributed by atoms with Gasteiger partial charge in [0, 0.05) is 5.69 Å². The van der Waals surface area contributed by atoms with Crippen molar-refractivity contribution in [1.29, 1.82) is 0 Å². The summed E-state index contributed by atoms with van der Waals surface area (Å²) in [6.45, 7) is 0. The molecule has 6 nitrogen and oxygen atoms in total. The number of hydrogen-bond acceptors (Lipinski definition) is 5. The molecule has 22 heavy (non-hydrogen) atoms. The maximum atomic E-state index is 11.5. The Morgan fingerprint density at radius 1 is 1.50 bits per heavy atom. The average Bonchev–Trinajstić information content (AvgIpc) is 2.49. The van der Waals surface area contributed by atoms with Crippen LogP contribution in [0.2, 0.25) is 0 Å². The molecule has 0 spiro atoms.